The van der Waals surface area contributed by atoms with Gasteiger partial charge in [-0.05, 0) is 12.0 Å². The van der Waals surface area contributed by atoms with Crippen LogP contribution in [-0.4, -0.2) is 10.2 Å². The highest BCUT2D eigenvalue weighted by Gasteiger charge is 1.98. The van der Waals surface area contributed by atoms with Crippen LogP contribution in [0.3, 0.4) is 0 Å². The largest absolute Gasteiger partial charge is 0.299 e. The summed E-state index contributed by atoms with van der Waals surface area (Å²) < 4.78 is 0.630. The van der Waals surface area contributed by atoms with E-state index >= 15 is 0 Å². The highest BCUT2D eigenvalue weighted by Crippen LogP contribution is 2.03. The number of hydrogen-bond acceptors (Lipinski definition) is 1. The molecule has 64 valence electrons. The first kappa shape index (κ1) is 9.71. The normalized spacial score (nSPS) is 9.75. The Kier molecular flexibility index (Phi) is 4.29. The molecule has 0 spiro atoms. The van der Waals surface area contributed by atoms with Crippen molar-refractivity contribution in [2.45, 2.75) is 12.8 Å². The second-order valence-electron chi connectivity index (χ2n) is 2.66. The van der Waals surface area contributed by atoms with Gasteiger partial charge in [-0.25, -0.2) is 0 Å². The van der Waals surface area contributed by atoms with Crippen LogP contribution < -0.4 is 0 Å². The van der Waals surface area contributed by atoms with Gasteiger partial charge in [0.25, 0.3) is 0 Å². The summed E-state index contributed by atoms with van der Waals surface area (Å²) in [6.45, 7) is 0. The predicted octanol–water partition coefficient (Wildman–Crippen LogP) is 2.62. The number of rotatable bonds is 4. The molecule has 0 radical (unpaired) electrons. The molecular formula is C10H11IO. The van der Waals surface area contributed by atoms with Gasteiger partial charge in [0.2, 0.25) is 0 Å². The minimum atomic E-state index is 0.333. The van der Waals surface area contributed by atoms with Gasteiger partial charge in [0.1, 0.15) is 5.78 Å². The van der Waals surface area contributed by atoms with E-state index in [2.05, 4.69) is 34.7 Å². The van der Waals surface area contributed by atoms with Gasteiger partial charge in [0.05, 0.1) is 4.43 Å². The molecular weight excluding hydrogens is 263 g/mol. The number of carbonyl (C=O) groups excluding carboxylic acids is 1. The van der Waals surface area contributed by atoms with Crippen molar-refractivity contribution < 1.29 is 4.79 Å². The topological polar surface area (TPSA) is 17.1 Å². The van der Waals surface area contributed by atoms with Crippen molar-refractivity contribution in [3.05, 3.63) is 35.9 Å². The first-order valence-corrected chi connectivity index (χ1v) is 5.47. The number of benzene rings is 1. The minimum absolute atomic E-state index is 0.333. The van der Waals surface area contributed by atoms with E-state index in [0.717, 1.165) is 6.42 Å². The van der Waals surface area contributed by atoms with Crippen molar-refractivity contribution >= 4 is 28.4 Å². The third-order valence-electron chi connectivity index (χ3n) is 1.68. The smallest absolute Gasteiger partial charge is 0.142 e. The molecule has 1 aromatic carbocycles. The lowest BCUT2D eigenvalue weighted by molar-refractivity contribution is -0.116. The molecule has 0 aromatic heterocycles. The summed E-state index contributed by atoms with van der Waals surface area (Å²) in [5.41, 5.74) is 1.25. The summed E-state index contributed by atoms with van der Waals surface area (Å²) in [6.07, 6.45) is 1.55. The molecule has 12 heavy (non-hydrogen) atoms. The number of carbonyl (C=O) groups is 1. The molecule has 1 rings (SSSR count). The Bertz CT molecular complexity index is 243. The lowest BCUT2D eigenvalue weighted by Crippen LogP contribution is -2.00. The van der Waals surface area contributed by atoms with Gasteiger partial charge in [-0.2, -0.15) is 0 Å². The number of alkyl halides is 1. The summed E-state index contributed by atoms with van der Waals surface area (Å²) in [4.78, 5) is 11.0. The lowest BCUT2D eigenvalue weighted by atomic mass is 10.1. The zero-order valence-corrected chi connectivity index (χ0v) is 8.95. The Labute approximate surface area is 86.3 Å². The molecule has 0 aliphatic heterocycles. The lowest BCUT2D eigenvalue weighted by Gasteiger charge is -1.97. The molecule has 0 fully saturated rings. The van der Waals surface area contributed by atoms with Gasteiger partial charge in [-0.1, -0.05) is 52.9 Å². The number of hydrogen-bond donors (Lipinski definition) is 0. The Morgan fingerprint density at radius 3 is 2.50 bits per heavy atom. The van der Waals surface area contributed by atoms with E-state index in [-0.39, 0.29) is 0 Å². The van der Waals surface area contributed by atoms with Crippen molar-refractivity contribution in [2.24, 2.45) is 0 Å². The Morgan fingerprint density at radius 2 is 1.92 bits per heavy atom. The van der Waals surface area contributed by atoms with Crippen LogP contribution in [0.25, 0.3) is 0 Å². The first-order valence-electron chi connectivity index (χ1n) is 3.94. The van der Waals surface area contributed by atoms with Crippen LogP contribution in [-0.2, 0) is 11.2 Å². The quantitative estimate of drug-likeness (QED) is 0.609. The molecule has 0 aliphatic carbocycles. The van der Waals surface area contributed by atoms with E-state index in [1.807, 2.05) is 18.2 Å². The van der Waals surface area contributed by atoms with E-state index in [1.54, 1.807) is 0 Å². The molecule has 0 amide bonds. The van der Waals surface area contributed by atoms with Crippen LogP contribution in [0.5, 0.6) is 0 Å². The fraction of sp³-hybridized carbons (Fsp3) is 0.300. The Balaban J connectivity index is 2.38. The molecule has 0 heterocycles. The number of halogens is 1. The zero-order chi connectivity index (χ0) is 8.81. The summed E-state index contributed by atoms with van der Waals surface area (Å²) in [5, 5.41) is 0. The van der Waals surface area contributed by atoms with Crippen molar-refractivity contribution in [1.29, 1.82) is 0 Å². The second-order valence-corrected chi connectivity index (χ2v) is 3.42. The highest BCUT2D eigenvalue weighted by molar-refractivity contribution is 14.1. The van der Waals surface area contributed by atoms with Crippen LogP contribution in [0.4, 0.5) is 0 Å². The van der Waals surface area contributed by atoms with Crippen molar-refractivity contribution in [1.82, 2.24) is 0 Å². The van der Waals surface area contributed by atoms with Gasteiger partial charge >= 0.3 is 0 Å². The molecule has 1 nitrogen and oxygen atoms in total. The Hall–Kier alpha value is -0.380. The summed E-state index contributed by atoms with van der Waals surface area (Å²) in [6, 6.07) is 10.1. The van der Waals surface area contributed by atoms with Gasteiger partial charge in [0, 0.05) is 6.42 Å². The number of Topliss-reactive ketones (excluding diaryl/α,β-unsaturated/α-hetero) is 1. The number of ketones is 1. The molecule has 0 bridgehead atoms. The summed E-state index contributed by atoms with van der Waals surface area (Å²) in [5.74, 6) is 0.333. The van der Waals surface area contributed by atoms with Gasteiger partial charge in [-0.3, -0.25) is 4.79 Å². The van der Waals surface area contributed by atoms with E-state index in [9.17, 15) is 4.79 Å². The molecule has 0 saturated carbocycles. The third kappa shape index (κ3) is 3.34. The van der Waals surface area contributed by atoms with Gasteiger partial charge < -0.3 is 0 Å². The van der Waals surface area contributed by atoms with Crippen LogP contribution in [0.1, 0.15) is 12.0 Å². The minimum Gasteiger partial charge on any atom is -0.299 e. The van der Waals surface area contributed by atoms with Crippen molar-refractivity contribution in [3.8, 4) is 0 Å². The van der Waals surface area contributed by atoms with Crippen LogP contribution in [0.2, 0.25) is 0 Å². The van der Waals surface area contributed by atoms with Crippen LogP contribution in [0, 0.1) is 0 Å². The van der Waals surface area contributed by atoms with Gasteiger partial charge in [0.15, 0.2) is 0 Å². The molecule has 0 saturated heterocycles. The summed E-state index contributed by atoms with van der Waals surface area (Å²) >= 11 is 2.11. The molecule has 0 atom stereocenters. The maximum absolute atomic E-state index is 11.0. The van der Waals surface area contributed by atoms with Crippen LogP contribution in [0.15, 0.2) is 30.3 Å². The Morgan fingerprint density at radius 1 is 1.25 bits per heavy atom. The monoisotopic (exact) mass is 274 g/mol. The van der Waals surface area contributed by atoms with Crippen molar-refractivity contribution in [3.63, 3.8) is 0 Å². The fourth-order valence-corrected chi connectivity index (χ4v) is 1.38. The summed E-state index contributed by atoms with van der Waals surface area (Å²) in [7, 11) is 0. The molecule has 1 aromatic rings. The highest BCUT2D eigenvalue weighted by atomic mass is 127. The van der Waals surface area contributed by atoms with Crippen LogP contribution >= 0.6 is 22.6 Å². The molecule has 2 heteroatoms. The average molecular weight is 274 g/mol. The fourth-order valence-electron chi connectivity index (χ4n) is 0.995. The number of aryl methyl sites for hydroxylation is 1. The molecule has 0 aliphatic rings. The molecule has 0 unspecified atom stereocenters. The van der Waals surface area contributed by atoms with E-state index in [1.165, 1.54) is 5.56 Å². The SMILES string of the molecule is O=C(CI)CCc1ccccc1. The average Bonchev–Trinajstić information content (AvgIpc) is 2.16. The zero-order valence-electron chi connectivity index (χ0n) is 6.79. The van der Waals surface area contributed by atoms with E-state index in [0.29, 0.717) is 16.6 Å². The molecule has 0 N–H and O–H groups in total. The van der Waals surface area contributed by atoms with Gasteiger partial charge in [-0.15, -0.1) is 0 Å². The first-order chi connectivity index (χ1) is 5.83. The van der Waals surface area contributed by atoms with E-state index in [4.69, 9.17) is 0 Å². The predicted molar refractivity (Wildman–Crippen MR) is 58.7 cm³/mol. The standard InChI is InChI=1S/C10H11IO/c11-8-10(12)7-6-9-4-2-1-3-5-9/h1-5H,6-8H2. The van der Waals surface area contributed by atoms with E-state index < -0.39 is 0 Å². The third-order valence-corrected chi connectivity index (χ3v) is 2.54. The van der Waals surface area contributed by atoms with Crippen molar-refractivity contribution in [2.75, 3.05) is 4.43 Å². The maximum atomic E-state index is 11.0. The second kappa shape index (κ2) is 5.30. The maximum Gasteiger partial charge on any atom is 0.142 e.